The maximum atomic E-state index is 11.5. The van der Waals surface area contributed by atoms with E-state index in [-0.39, 0.29) is 17.4 Å². The monoisotopic (exact) mass is 373 g/mol. The molecular weight excluding hydrogens is 353 g/mol. The van der Waals surface area contributed by atoms with Crippen LogP contribution < -0.4 is 0 Å². The van der Waals surface area contributed by atoms with Crippen LogP contribution >= 0.6 is 22.6 Å². The third-order valence-corrected chi connectivity index (χ3v) is 4.87. The van der Waals surface area contributed by atoms with Gasteiger partial charge in [-0.15, -0.1) is 0 Å². The number of aliphatic carboxylic acids is 1. The van der Waals surface area contributed by atoms with Crippen molar-refractivity contribution < 1.29 is 9.90 Å². The molecule has 0 unspecified atom stereocenters. The molecule has 0 bridgehead atoms. The standard InChI is InChI=1S/C15H20INO2/c1-15(2,3)17-8-11(12(9-17)14(18)19)10-6-4-5-7-13(10)16/h4-7,11-12H,8-9H2,1-3H3,(H,18,19)/t11-,12+/m1/s1. The fourth-order valence-electron chi connectivity index (χ4n) is 2.69. The van der Waals surface area contributed by atoms with Gasteiger partial charge in [-0.2, -0.15) is 0 Å². The zero-order chi connectivity index (χ0) is 14.2. The third-order valence-electron chi connectivity index (χ3n) is 3.89. The lowest BCUT2D eigenvalue weighted by atomic mass is 9.89. The molecule has 1 fully saturated rings. The number of carboxylic acid groups (broad SMARTS) is 1. The highest BCUT2D eigenvalue weighted by atomic mass is 127. The molecule has 0 spiro atoms. The molecule has 1 aliphatic rings. The summed E-state index contributed by atoms with van der Waals surface area (Å²) >= 11 is 2.30. The summed E-state index contributed by atoms with van der Waals surface area (Å²) in [5.74, 6) is -0.906. The molecule has 19 heavy (non-hydrogen) atoms. The van der Waals surface area contributed by atoms with Crippen LogP contribution in [0.15, 0.2) is 24.3 Å². The van der Waals surface area contributed by atoms with E-state index in [1.807, 2.05) is 12.1 Å². The van der Waals surface area contributed by atoms with Crippen molar-refractivity contribution in [1.82, 2.24) is 4.90 Å². The predicted molar refractivity (Wildman–Crippen MR) is 84.4 cm³/mol. The Kier molecular flexibility index (Phi) is 4.20. The Morgan fingerprint density at radius 2 is 1.95 bits per heavy atom. The molecule has 4 heteroatoms. The molecule has 0 amide bonds. The maximum absolute atomic E-state index is 11.5. The van der Waals surface area contributed by atoms with Crippen molar-refractivity contribution in [2.24, 2.45) is 5.92 Å². The van der Waals surface area contributed by atoms with Gasteiger partial charge in [-0.05, 0) is 55.0 Å². The molecule has 104 valence electrons. The van der Waals surface area contributed by atoms with Gasteiger partial charge in [-0.1, -0.05) is 18.2 Å². The second kappa shape index (κ2) is 5.40. The maximum Gasteiger partial charge on any atom is 0.308 e. The Morgan fingerprint density at radius 1 is 1.32 bits per heavy atom. The van der Waals surface area contributed by atoms with Crippen LogP contribution in [0.5, 0.6) is 0 Å². The predicted octanol–water partition coefficient (Wildman–Crippen LogP) is 3.19. The van der Waals surface area contributed by atoms with Crippen LogP contribution in [0, 0.1) is 9.49 Å². The molecule has 0 radical (unpaired) electrons. The first-order valence-corrected chi connectivity index (χ1v) is 7.61. The van der Waals surface area contributed by atoms with E-state index in [1.165, 1.54) is 5.56 Å². The first-order valence-electron chi connectivity index (χ1n) is 6.53. The zero-order valence-corrected chi connectivity index (χ0v) is 13.7. The molecule has 1 heterocycles. The number of halogens is 1. The molecule has 0 saturated carbocycles. The number of likely N-dealkylation sites (tertiary alicyclic amines) is 1. The van der Waals surface area contributed by atoms with E-state index in [0.29, 0.717) is 6.54 Å². The Hall–Kier alpha value is -0.620. The number of rotatable bonds is 2. The van der Waals surface area contributed by atoms with Gasteiger partial charge in [0.2, 0.25) is 0 Å². The van der Waals surface area contributed by atoms with Gasteiger partial charge in [-0.3, -0.25) is 9.69 Å². The summed E-state index contributed by atoms with van der Waals surface area (Å²) in [6, 6.07) is 8.11. The largest absolute Gasteiger partial charge is 0.481 e. The highest BCUT2D eigenvalue weighted by molar-refractivity contribution is 14.1. The Bertz CT molecular complexity index is 481. The van der Waals surface area contributed by atoms with E-state index in [4.69, 9.17) is 0 Å². The minimum Gasteiger partial charge on any atom is -0.481 e. The molecule has 1 N–H and O–H groups in total. The molecule has 0 aromatic heterocycles. The van der Waals surface area contributed by atoms with Gasteiger partial charge in [0.1, 0.15) is 0 Å². The van der Waals surface area contributed by atoms with Gasteiger partial charge < -0.3 is 5.11 Å². The van der Waals surface area contributed by atoms with Crippen molar-refractivity contribution in [2.45, 2.75) is 32.2 Å². The normalized spacial score (nSPS) is 24.6. The first-order chi connectivity index (χ1) is 8.80. The van der Waals surface area contributed by atoms with E-state index >= 15 is 0 Å². The summed E-state index contributed by atoms with van der Waals surface area (Å²) in [6.45, 7) is 7.88. The van der Waals surface area contributed by atoms with Gasteiger partial charge in [0.05, 0.1) is 5.92 Å². The average molecular weight is 373 g/mol. The second-order valence-corrected chi connectivity index (χ2v) is 7.31. The fraction of sp³-hybridized carbons (Fsp3) is 0.533. The minimum atomic E-state index is -0.684. The van der Waals surface area contributed by atoms with Gasteiger partial charge in [-0.25, -0.2) is 0 Å². The molecule has 3 nitrogen and oxygen atoms in total. The summed E-state index contributed by atoms with van der Waals surface area (Å²) in [7, 11) is 0. The SMILES string of the molecule is CC(C)(C)N1C[C@H](C(=O)O)[C@@H](c2ccccc2I)C1. The number of carbonyl (C=O) groups is 1. The van der Waals surface area contributed by atoms with Crippen LogP contribution in [-0.4, -0.2) is 34.6 Å². The van der Waals surface area contributed by atoms with Crippen LogP contribution in [0.25, 0.3) is 0 Å². The van der Waals surface area contributed by atoms with Gasteiger partial charge in [0.25, 0.3) is 0 Å². The molecular formula is C15H20INO2. The van der Waals surface area contributed by atoms with Crippen LogP contribution in [0.4, 0.5) is 0 Å². The number of hydrogen-bond donors (Lipinski definition) is 1. The van der Waals surface area contributed by atoms with Crippen molar-refractivity contribution in [2.75, 3.05) is 13.1 Å². The van der Waals surface area contributed by atoms with E-state index in [9.17, 15) is 9.90 Å². The Morgan fingerprint density at radius 3 is 2.47 bits per heavy atom. The number of hydrogen-bond acceptors (Lipinski definition) is 2. The van der Waals surface area contributed by atoms with Crippen LogP contribution in [0.3, 0.4) is 0 Å². The summed E-state index contributed by atoms with van der Waals surface area (Å²) in [4.78, 5) is 13.8. The van der Waals surface area contributed by atoms with Crippen LogP contribution in [0.2, 0.25) is 0 Å². The lowest BCUT2D eigenvalue weighted by Gasteiger charge is -2.31. The topological polar surface area (TPSA) is 40.5 Å². The number of benzene rings is 1. The summed E-state index contributed by atoms with van der Waals surface area (Å²) in [5, 5.41) is 9.49. The summed E-state index contributed by atoms with van der Waals surface area (Å²) in [5.41, 5.74) is 1.19. The van der Waals surface area contributed by atoms with Crippen molar-refractivity contribution >= 4 is 28.6 Å². The van der Waals surface area contributed by atoms with Crippen LogP contribution in [0.1, 0.15) is 32.3 Å². The van der Waals surface area contributed by atoms with Crippen LogP contribution in [-0.2, 0) is 4.79 Å². The van der Waals surface area contributed by atoms with E-state index in [2.05, 4.69) is 60.4 Å². The summed E-state index contributed by atoms with van der Waals surface area (Å²) < 4.78 is 1.16. The molecule has 2 atom stereocenters. The second-order valence-electron chi connectivity index (χ2n) is 6.15. The average Bonchev–Trinajstić information content (AvgIpc) is 2.74. The van der Waals surface area contributed by atoms with E-state index in [1.54, 1.807) is 0 Å². The smallest absolute Gasteiger partial charge is 0.308 e. The van der Waals surface area contributed by atoms with E-state index in [0.717, 1.165) is 10.1 Å². The molecule has 1 aromatic rings. The Balaban J connectivity index is 2.33. The van der Waals surface area contributed by atoms with Gasteiger partial charge >= 0.3 is 5.97 Å². The molecule has 1 aromatic carbocycles. The molecule has 2 rings (SSSR count). The quantitative estimate of drug-likeness (QED) is 0.810. The summed E-state index contributed by atoms with van der Waals surface area (Å²) in [6.07, 6.45) is 0. The van der Waals surface area contributed by atoms with Gasteiger partial charge in [0.15, 0.2) is 0 Å². The third kappa shape index (κ3) is 3.11. The molecule has 0 aliphatic carbocycles. The van der Waals surface area contributed by atoms with Crippen molar-refractivity contribution in [3.05, 3.63) is 33.4 Å². The Labute approximate surface area is 128 Å². The van der Waals surface area contributed by atoms with E-state index < -0.39 is 5.97 Å². The van der Waals surface area contributed by atoms with Gasteiger partial charge in [0, 0.05) is 28.1 Å². The highest BCUT2D eigenvalue weighted by Crippen LogP contribution is 2.37. The van der Waals surface area contributed by atoms with Crippen molar-refractivity contribution in [1.29, 1.82) is 0 Å². The number of carboxylic acids is 1. The fourth-order valence-corrected chi connectivity index (χ4v) is 3.48. The molecule has 1 aliphatic heterocycles. The lowest BCUT2D eigenvalue weighted by Crippen LogP contribution is -2.40. The number of nitrogens with zero attached hydrogens (tertiary/aromatic N) is 1. The highest BCUT2D eigenvalue weighted by Gasteiger charge is 2.42. The zero-order valence-electron chi connectivity index (χ0n) is 11.6. The lowest BCUT2D eigenvalue weighted by molar-refractivity contribution is -0.141. The van der Waals surface area contributed by atoms with Crippen molar-refractivity contribution in [3.8, 4) is 0 Å². The first kappa shape index (κ1) is 14.8. The molecule has 1 saturated heterocycles. The minimum absolute atomic E-state index is 0.0165. The van der Waals surface area contributed by atoms with Crippen molar-refractivity contribution in [3.63, 3.8) is 0 Å².